The fraction of sp³-hybridized carbons (Fsp3) is 0.483. The van der Waals surface area contributed by atoms with E-state index in [9.17, 15) is 19.5 Å². The number of aliphatic hydroxyl groups excluding tert-OH is 1. The largest absolute Gasteiger partial charge is 0.466 e. The lowest BCUT2D eigenvalue weighted by Gasteiger charge is -2.36. The van der Waals surface area contributed by atoms with Gasteiger partial charge in [-0.15, -0.1) is 6.58 Å². The van der Waals surface area contributed by atoms with Crippen LogP contribution in [0.5, 0.6) is 0 Å². The highest BCUT2D eigenvalue weighted by atomic mass is 16.6. The number of carbonyl (C=O) groups excluding carboxylic acids is 3. The summed E-state index contributed by atoms with van der Waals surface area (Å²) in [5.41, 5.74) is -1.31. The van der Waals surface area contributed by atoms with Crippen LogP contribution in [0.4, 0.5) is 5.69 Å². The first-order valence-corrected chi connectivity index (χ1v) is 13.0. The third-order valence-electron chi connectivity index (χ3n) is 8.23. The van der Waals surface area contributed by atoms with Crippen molar-refractivity contribution < 1.29 is 29.0 Å². The van der Waals surface area contributed by atoms with Gasteiger partial charge in [-0.2, -0.15) is 0 Å². The van der Waals surface area contributed by atoms with E-state index in [2.05, 4.69) is 6.58 Å². The molecule has 3 fully saturated rings. The molecule has 1 N–H and O–H groups in total. The number of aliphatic hydroxyl groups is 1. The van der Waals surface area contributed by atoms with Crippen molar-refractivity contribution in [2.75, 3.05) is 31.2 Å². The smallest absolute Gasteiger partial charge is 0.312 e. The molecule has 3 heterocycles. The van der Waals surface area contributed by atoms with Crippen LogP contribution < -0.4 is 4.90 Å². The Morgan fingerprint density at radius 2 is 2.00 bits per heavy atom. The molecule has 196 valence electrons. The SMILES string of the molecule is C=CCN(C(=O)C1N(CCCO)C(=O)[C@@H]2[C@H](C(=O)OCC)[C@]3(C)CCC12O3)c1ccc2ccccc2c1. The molecule has 0 aliphatic carbocycles. The molecule has 3 aliphatic heterocycles. The number of amides is 2. The highest BCUT2D eigenvalue weighted by Gasteiger charge is 2.78. The minimum absolute atomic E-state index is 0.122. The Bertz CT molecular complexity index is 1250. The predicted octanol–water partition coefficient (Wildman–Crippen LogP) is 3.07. The molecule has 2 bridgehead atoms. The molecule has 3 aliphatic rings. The van der Waals surface area contributed by atoms with Crippen LogP contribution in [0, 0.1) is 11.8 Å². The van der Waals surface area contributed by atoms with Crippen molar-refractivity contribution >= 4 is 34.2 Å². The summed E-state index contributed by atoms with van der Waals surface area (Å²) in [6.45, 7) is 7.96. The Morgan fingerprint density at radius 1 is 1.24 bits per heavy atom. The normalized spacial score (nSPS) is 30.0. The van der Waals surface area contributed by atoms with Crippen LogP contribution in [-0.2, 0) is 23.9 Å². The highest BCUT2D eigenvalue weighted by Crippen LogP contribution is 2.63. The maximum atomic E-state index is 14.4. The molecular formula is C29H34N2O6. The number of anilines is 1. The van der Waals surface area contributed by atoms with Crippen LogP contribution in [0.25, 0.3) is 10.8 Å². The van der Waals surface area contributed by atoms with Crippen LogP contribution in [-0.4, -0.2) is 71.3 Å². The lowest BCUT2D eigenvalue weighted by atomic mass is 9.66. The average molecular weight is 507 g/mol. The molecule has 5 atom stereocenters. The standard InChI is InChI=1S/C29H34N2O6/c1-4-15-30(21-12-11-19-9-6-7-10-20(19)18-21)26(34)24-29-14-13-28(3,37-29)23(27(35)36-5-2)22(29)25(33)31(24)16-8-17-32/h4,6-7,9-12,18,22-24,32H,1,5,8,13-17H2,2-3H3/t22-,23+,24?,28-,29?/m0/s1. The van der Waals surface area contributed by atoms with Gasteiger partial charge >= 0.3 is 5.97 Å². The second kappa shape index (κ2) is 9.58. The van der Waals surface area contributed by atoms with Gasteiger partial charge in [0.1, 0.15) is 17.6 Å². The fourth-order valence-electron chi connectivity index (χ4n) is 6.72. The predicted molar refractivity (Wildman–Crippen MR) is 139 cm³/mol. The molecule has 8 nitrogen and oxygen atoms in total. The van der Waals surface area contributed by atoms with Gasteiger partial charge in [0.25, 0.3) is 5.91 Å². The monoisotopic (exact) mass is 506 g/mol. The average Bonchev–Trinajstić information content (AvgIpc) is 3.46. The van der Waals surface area contributed by atoms with Crippen molar-refractivity contribution in [3.05, 3.63) is 55.1 Å². The fourth-order valence-corrected chi connectivity index (χ4v) is 6.72. The van der Waals surface area contributed by atoms with Crippen molar-refractivity contribution in [2.45, 2.75) is 50.4 Å². The number of likely N-dealkylation sites (tertiary alicyclic amines) is 1. The second-order valence-corrected chi connectivity index (χ2v) is 10.4. The van der Waals surface area contributed by atoms with Crippen molar-refractivity contribution in [1.82, 2.24) is 4.90 Å². The summed E-state index contributed by atoms with van der Waals surface area (Å²) < 4.78 is 12.0. The van der Waals surface area contributed by atoms with Crippen LogP contribution in [0.3, 0.4) is 0 Å². The molecule has 8 heteroatoms. The third kappa shape index (κ3) is 3.85. The second-order valence-electron chi connectivity index (χ2n) is 10.4. The van der Waals surface area contributed by atoms with Gasteiger partial charge in [-0.05, 0) is 56.0 Å². The van der Waals surface area contributed by atoms with Gasteiger partial charge in [-0.1, -0.05) is 36.4 Å². The Hall–Kier alpha value is -3.23. The molecule has 0 radical (unpaired) electrons. The van der Waals surface area contributed by atoms with Gasteiger partial charge in [0.05, 0.1) is 18.1 Å². The first-order chi connectivity index (χ1) is 17.8. The quantitative estimate of drug-likeness (QED) is 0.415. The van der Waals surface area contributed by atoms with Crippen molar-refractivity contribution in [2.24, 2.45) is 11.8 Å². The molecule has 2 amide bonds. The first kappa shape index (κ1) is 25.4. The molecule has 0 aromatic heterocycles. The number of nitrogens with zero attached hydrogens (tertiary/aromatic N) is 2. The number of carbonyl (C=O) groups is 3. The van der Waals surface area contributed by atoms with Gasteiger partial charge in [0.2, 0.25) is 5.91 Å². The molecule has 0 saturated carbocycles. The zero-order valence-corrected chi connectivity index (χ0v) is 21.4. The zero-order chi connectivity index (χ0) is 26.4. The van der Waals surface area contributed by atoms with E-state index in [1.54, 1.807) is 17.9 Å². The van der Waals surface area contributed by atoms with E-state index in [0.717, 1.165) is 10.8 Å². The minimum atomic E-state index is -1.13. The maximum absolute atomic E-state index is 14.4. The van der Waals surface area contributed by atoms with Gasteiger partial charge in [0, 0.05) is 25.4 Å². The van der Waals surface area contributed by atoms with Crippen LogP contribution >= 0.6 is 0 Å². The molecule has 2 unspecified atom stereocenters. The molecule has 3 saturated heterocycles. The summed E-state index contributed by atoms with van der Waals surface area (Å²) in [4.78, 5) is 44.6. The van der Waals surface area contributed by atoms with Crippen molar-refractivity contribution in [3.63, 3.8) is 0 Å². The molecule has 2 aromatic carbocycles. The van der Waals surface area contributed by atoms with E-state index in [0.29, 0.717) is 24.9 Å². The van der Waals surface area contributed by atoms with Crippen molar-refractivity contribution in [1.29, 1.82) is 0 Å². The zero-order valence-electron chi connectivity index (χ0n) is 21.4. The van der Waals surface area contributed by atoms with Gasteiger partial charge < -0.3 is 24.4 Å². The number of ether oxygens (including phenoxy) is 2. The van der Waals surface area contributed by atoms with E-state index in [-0.39, 0.29) is 38.1 Å². The Balaban J connectivity index is 1.58. The summed E-state index contributed by atoms with van der Waals surface area (Å²) in [7, 11) is 0. The van der Waals surface area contributed by atoms with E-state index in [1.165, 1.54) is 4.90 Å². The number of benzene rings is 2. The summed E-state index contributed by atoms with van der Waals surface area (Å²) in [5.74, 6) is -2.61. The Labute approximate surface area is 216 Å². The summed E-state index contributed by atoms with van der Waals surface area (Å²) in [6.07, 6.45) is 3.01. The van der Waals surface area contributed by atoms with Gasteiger partial charge in [-0.25, -0.2) is 0 Å². The van der Waals surface area contributed by atoms with E-state index >= 15 is 0 Å². The topological polar surface area (TPSA) is 96.4 Å². The Morgan fingerprint density at radius 3 is 2.70 bits per heavy atom. The van der Waals surface area contributed by atoms with E-state index in [4.69, 9.17) is 9.47 Å². The lowest BCUT2D eigenvalue weighted by Crippen LogP contribution is -2.56. The number of rotatable bonds is 9. The third-order valence-corrected chi connectivity index (χ3v) is 8.23. The molecular weight excluding hydrogens is 472 g/mol. The van der Waals surface area contributed by atoms with E-state index in [1.807, 2.05) is 49.4 Å². The summed E-state index contributed by atoms with van der Waals surface area (Å²) in [6, 6.07) is 12.8. The van der Waals surface area contributed by atoms with Gasteiger partial charge in [-0.3, -0.25) is 14.4 Å². The molecule has 5 rings (SSSR count). The summed E-state index contributed by atoms with van der Waals surface area (Å²) in [5, 5.41) is 11.6. The number of fused-ring (bicyclic) bond motifs is 2. The number of hydrogen-bond donors (Lipinski definition) is 1. The van der Waals surface area contributed by atoms with Gasteiger partial charge in [0.15, 0.2) is 0 Å². The first-order valence-electron chi connectivity index (χ1n) is 13.0. The molecule has 1 spiro atoms. The maximum Gasteiger partial charge on any atom is 0.312 e. The highest BCUT2D eigenvalue weighted by molar-refractivity contribution is 6.05. The number of esters is 1. The lowest BCUT2D eigenvalue weighted by molar-refractivity contribution is -0.159. The van der Waals surface area contributed by atoms with E-state index < -0.39 is 35.0 Å². The number of hydrogen-bond acceptors (Lipinski definition) is 6. The minimum Gasteiger partial charge on any atom is -0.466 e. The summed E-state index contributed by atoms with van der Waals surface area (Å²) >= 11 is 0. The Kier molecular flexibility index (Phi) is 6.58. The van der Waals surface area contributed by atoms with Crippen LogP contribution in [0.15, 0.2) is 55.1 Å². The van der Waals surface area contributed by atoms with Crippen LogP contribution in [0.1, 0.15) is 33.1 Å². The molecule has 2 aromatic rings. The van der Waals surface area contributed by atoms with Crippen molar-refractivity contribution in [3.8, 4) is 0 Å². The molecule has 37 heavy (non-hydrogen) atoms. The van der Waals surface area contributed by atoms with Crippen LogP contribution in [0.2, 0.25) is 0 Å².